The molecule has 76 valence electrons. The van der Waals surface area contributed by atoms with E-state index in [1.807, 2.05) is 6.08 Å². The summed E-state index contributed by atoms with van der Waals surface area (Å²) in [7, 11) is 1.79. The highest BCUT2D eigenvalue weighted by Gasteiger charge is 2.23. The van der Waals surface area contributed by atoms with Crippen molar-refractivity contribution in [3.8, 4) is 0 Å². The summed E-state index contributed by atoms with van der Waals surface area (Å²) in [6.45, 7) is 0.924. The molecule has 1 rings (SSSR count). The van der Waals surface area contributed by atoms with Gasteiger partial charge in [-0.15, -0.1) is 11.6 Å². The lowest BCUT2D eigenvalue weighted by atomic mass is 10.2. The van der Waals surface area contributed by atoms with Crippen LogP contribution in [0.25, 0.3) is 0 Å². The zero-order valence-electron chi connectivity index (χ0n) is 8.13. The molecule has 1 saturated carbocycles. The summed E-state index contributed by atoms with van der Waals surface area (Å²) in [6.07, 6.45) is 8.07. The molecule has 1 aliphatic carbocycles. The molecule has 0 aliphatic heterocycles. The van der Waals surface area contributed by atoms with Crippen LogP contribution in [0.2, 0.25) is 0 Å². The molecule has 0 aromatic heterocycles. The van der Waals surface area contributed by atoms with Crippen molar-refractivity contribution in [2.24, 2.45) is 0 Å². The van der Waals surface area contributed by atoms with Gasteiger partial charge in [-0.1, -0.05) is 12.2 Å². The van der Waals surface area contributed by atoms with Gasteiger partial charge < -0.3 is 10.1 Å². The first-order chi connectivity index (χ1) is 6.36. The molecule has 0 saturated heterocycles. The lowest BCUT2D eigenvalue weighted by molar-refractivity contribution is 0.107. The Morgan fingerprint density at radius 1 is 1.46 bits per heavy atom. The maximum atomic E-state index is 5.51. The highest BCUT2D eigenvalue weighted by molar-refractivity contribution is 6.18. The molecule has 0 spiro atoms. The minimum atomic E-state index is 0.467. The number of nitrogens with one attached hydrogen (secondary N) is 1. The summed E-state index contributed by atoms with van der Waals surface area (Å²) in [5.41, 5.74) is 0. The standard InChI is InChI=1S/C10H18ClNO/c1-13-10-5-4-9(8-10)12-7-3-2-6-11/h2-3,9-10,12H,4-8H2,1H3/b3-2+. The third-order valence-corrected chi connectivity index (χ3v) is 2.68. The first-order valence-corrected chi connectivity index (χ1v) is 5.37. The number of hydrogen-bond acceptors (Lipinski definition) is 2. The number of halogens is 1. The fourth-order valence-electron chi connectivity index (χ4n) is 1.72. The van der Waals surface area contributed by atoms with E-state index in [1.54, 1.807) is 7.11 Å². The van der Waals surface area contributed by atoms with Gasteiger partial charge in [0, 0.05) is 25.6 Å². The summed E-state index contributed by atoms with van der Waals surface area (Å²) in [6, 6.07) is 0.630. The minimum absolute atomic E-state index is 0.467. The zero-order valence-corrected chi connectivity index (χ0v) is 8.89. The molecule has 2 atom stereocenters. The Bertz CT molecular complexity index is 161. The molecule has 13 heavy (non-hydrogen) atoms. The average Bonchev–Trinajstić information content (AvgIpc) is 2.60. The molecule has 2 nitrogen and oxygen atoms in total. The van der Waals surface area contributed by atoms with Crippen molar-refractivity contribution in [3.63, 3.8) is 0 Å². The van der Waals surface area contributed by atoms with Crippen LogP contribution in [0.3, 0.4) is 0 Å². The Hall–Kier alpha value is -0.0500. The normalized spacial score (nSPS) is 28.8. The predicted octanol–water partition coefficient (Wildman–Crippen LogP) is 1.94. The van der Waals surface area contributed by atoms with Crippen LogP contribution in [0, 0.1) is 0 Å². The average molecular weight is 204 g/mol. The maximum absolute atomic E-state index is 5.51. The van der Waals surface area contributed by atoms with E-state index in [4.69, 9.17) is 16.3 Å². The van der Waals surface area contributed by atoms with Crippen LogP contribution >= 0.6 is 11.6 Å². The second-order valence-corrected chi connectivity index (χ2v) is 3.71. The molecule has 1 N–H and O–H groups in total. The number of rotatable bonds is 5. The predicted molar refractivity (Wildman–Crippen MR) is 56.3 cm³/mol. The van der Waals surface area contributed by atoms with Crippen molar-refractivity contribution in [3.05, 3.63) is 12.2 Å². The quantitative estimate of drug-likeness (QED) is 0.545. The fraction of sp³-hybridized carbons (Fsp3) is 0.800. The second kappa shape index (κ2) is 6.41. The Morgan fingerprint density at radius 2 is 2.31 bits per heavy atom. The van der Waals surface area contributed by atoms with Crippen molar-refractivity contribution >= 4 is 11.6 Å². The fourth-order valence-corrected chi connectivity index (χ4v) is 1.85. The van der Waals surface area contributed by atoms with Crippen molar-refractivity contribution in [1.82, 2.24) is 5.32 Å². The van der Waals surface area contributed by atoms with Crippen LogP contribution in [0.1, 0.15) is 19.3 Å². The van der Waals surface area contributed by atoms with Gasteiger partial charge in [0.25, 0.3) is 0 Å². The summed E-state index contributed by atoms with van der Waals surface area (Å²) >= 11 is 5.51. The largest absolute Gasteiger partial charge is 0.381 e. The molecular weight excluding hydrogens is 186 g/mol. The van der Waals surface area contributed by atoms with Gasteiger partial charge in [0.2, 0.25) is 0 Å². The summed E-state index contributed by atoms with van der Waals surface area (Å²) in [5, 5.41) is 3.46. The minimum Gasteiger partial charge on any atom is -0.381 e. The van der Waals surface area contributed by atoms with E-state index < -0.39 is 0 Å². The summed E-state index contributed by atoms with van der Waals surface area (Å²) < 4.78 is 5.29. The van der Waals surface area contributed by atoms with Crippen LogP contribution in [-0.2, 0) is 4.74 Å². The SMILES string of the molecule is COC1CCC(NC/C=C/CCl)C1. The van der Waals surface area contributed by atoms with E-state index in [1.165, 1.54) is 12.8 Å². The molecule has 0 bridgehead atoms. The molecule has 3 heteroatoms. The number of methoxy groups -OCH3 is 1. The van der Waals surface area contributed by atoms with Crippen LogP contribution in [0.15, 0.2) is 12.2 Å². The van der Waals surface area contributed by atoms with E-state index in [-0.39, 0.29) is 0 Å². The monoisotopic (exact) mass is 203 g/mol. The van der Waals surface area contributed by atoms with Crippen molar-refractivity contribution in [2.75, 3.05) is 19.5 Å². The lowest BCUT2D eigenvalue weighted by Gasteiger charge is -2.10. The Balaban J connectivity index is 2.06. The Labute approximate surface area is 85.3 Å². The number of alkyl halides is 1. The van der Waals surface area contributed by atoms with Gasteiger partial charge >= 0.3 is 0 Å². The van der Waals surface area contributed by atoms with Crippen LogP contribution in [0.5, 0.6) is 0 Å². The third kappa shape index (κ3) is 4.12. The van der Waals surface area contributed by atoms with E-state index >= 15 is 0 Å². The van der Waals surface area contributed by atoms with Crippen LogP contribution in [0.4, 0.5) is 0 Å². The molecule has 1 aliphatic rings. The van der Waals surface area contributed by atoms with Gasteiger partial charge in [-0.05, 0) is 19.3 Å². The van der Waals surface area contributed by atoms with Gasteiger partial charge in [-0.25, -0.2) is 0 Å². The van der Waals surface area contributed by atoms with Gasteiger partial charge in [0.15, 0.2) is 0 Å². The first-order valence-electron chi connectivity index (χ1n) is 4.84. The van der Waals surface area contributed by atoms with E-state index in [0.717, 1.165) is 13.0 Å². The third-order valence-electron chi connectivity index (χ3n) is 2.50. The molecular formula is C10H18ClNO. The second-order valence-electron chi connectivity index (χ2n) is 3.40. The highest BCUT2D eigenvalue weighted by Crippen LogP contribution is 2.20. The maximum Gasteiger partial charge on any atom is 0.0586 e. The zero-order chi connectivity index (χ0) is 9.52. The van der Waals surface area contributed by atoms with Crippen molar-refractivity contribution < 1.29 is 4.74 Å². The molecule has 0 radical (unpaired) electrons. The molecule has 2 unspecified atom stereocenters. The first kappa shape index (κ1) is 11.0. The summed E-state index contributed by atoms with van der Waals surface area (Å²) in [5.74, 6) is 0.604. The van der Waals surface area contributed by atoms with Gasteiger partial charge in [-0.3, -0.25) is 0 Å². The van der Waals surface area contributed by atoms with Gasteiger partial charge in [0.05, 0.1) is 6.10 Å². The van der Waals surface area contributed by atoms with E-state index in [0.29, 0.717) is 18.0 Å². The molecule has 0 aromatic rings. The topological polar surface area (TPSA) is 21.3 Å². The number of allylic oxidation sites excluding steroid dienone is 1. The molecule has 0 heterocycles. The number of ether oxygens (including phenoxy) is 1. The van der Waals surface area contributed by atoms with Crippen molar-refractivity contribution in [2.45, 2.75) is 31.4 Å². The van der Waals surface area contributed by atoms with Crippen molar-refractivity contribution in [1.29, 1.82) is 0 Å². The molecule has 0 amide bonds. The smallest absolute Gasteiger partial charge is 0.0586 e. The summed E-state index contributed by atoms with van der Waals surface area (Å²) in [4.78, 5) is 0. The lowest BCUT2D eigenvalue weighted by Crippen LogP contribution is -2.27. The van der Waals surface area contributed by atoms with Crippen LogP contribution in [-0.4, -0.2) is 31.7 Å². The van der Waals surface area contributed by atoms with Crippen LogP contribution < -0.4 is 5.32 Å². The Kier molecular flexibility index (Phi) is 5.44. The van der Waals surface area contributed by atoms with Gasteiger partial charge in [-0.2, -0.15) is 0 Å². The Morgan fingerprint density at radius 3 is 2.92 bits per heavy atom. The molecule has 1 fully saturated rings. The highest BCUT2D eigenvalue weighted by atomic mass is 35.5. The van der Waals surface area contributed by atoms with E-state index in [2.05, 4.69) is 11.4 Å². The number of hydrogen-bond donors (Lipinski definition) is 1. The molecule has 0 aromatic carbocycles. The van der Waals surface area contributed by atoms with Gasteiger partial charge in [0.1, 0.15) is 0 Å². The van der Waals surface area contributed by atoms with E-state index in [9.17, 15) is 0 Å².